The third-order valence-corrected chi connectivity index (χ3v) is 4.99. The van der Waals surface area contributed by atoms with Crippen LogP contribution in [0.4, 0.5) is 11.5 Å². The molecule has 4 nitrogen and oxygen atoms in total. The van der Waals surface area contributed by atoms with Crippen molar-refractivity contribution < 1.29 is 0 Å². The third-order valence-electron chi connectivity index (χ3n) is 3.64. The predicted molar refractivity (Wildman–Crippen MR) is 114 cm³/mol. The Morgan fingerprint density at radius 1 is 1.00 bits per heavy atom. The van der Waals surface area contributed by atoms with Gasteiger partial charge in [0.25, 0.3) is 0 Å². The summed E-state index contributed by atoms with van der Waals surface area (Å²) in [7, 11) is 0. The van der Waals surface area contributed by atoms with Crippen molar-refractivity contribution in [1.82, 2.24) is 9.78 Å². The van der Waals surface area contributed by atoms with E-state index in [1.54, 1.807) is 10.7 Å². The molecule has 0 spiro atoms. The lowest BCUT2D eigenvalue weighted by Gasteiger charge is -2.09. The Labute approximate surface area is 172 Å². The predicted octanol–water partition coefficient (Wildman–Crippen LogP) is 6.01. The van der Waals surface area contributed by atoms with E-state index < -0.39 is 0 Å². The Hall–Kier alpha value is -1.79. The average molecular weight is 426 g/mol. The number of benzene rings is 2. The molecule has 0 atom stereocenters. The van der Waals surface area contributed by atoms with Crippen LogP contribution in [-0.2, 0) is 6.54 Å². The molecule has 0 unspecified atom stereocenters. The highest BCUT2D eigenvalue weighted by Gasteiger charge is 2.05. The number of hydrogen-bond acceptors (Lipinski definition) is 2. The van der Waals surface area contributed by atoms with Gasteiger partial charge < -0.3 is 10.6 Å². The van der Waals surface area contributed by atoms with Gasteiger partial charge in [0.05, 0.1) is 16.6 Å². The summed E-state index contributed by atoms with van der Waals surface area (Å²) < 4.78 is 1.78. The molecule has 0 saturated heterocycles. The molecule has 2 N–H and O–H groups in total. The Morgan fingerprint density at radius 2 is 1.81 bits per heavy atom. The average Bonchev–Trinajstić information content (AvgIpc) is 3.01. The van der Waals surface area contributed by atoms with Gasteiger partial charge in [0.1, 0.15) is 0 Å². The van der Waals surface area contributed by atoms with Gasteiger partial charge in [0.2, 0.25) is 0 Å². The lowest BCUT2D eigenvalue weighted by molar-refractivity contribution is 0.690. The molecule has 0 aliphatic rings. The van der Waals surface area contributed by atoms with Crippen LogP contribution in [0, 0.1) is 6.92 Å². The van der Waals surface area contributed by atoms with Crippen LogP contribution >= 0.6 is 47.0 Å². The van der Waals surface area contributed by atoms with Crippen LogP contribution in [0.15, 0.2) is 48.7 Å². The number of anilines is 2. The second-order valence-corrected chi connectivity index (χ2v) is 7.32. The van der Waals surface area contributed by atoms with Crippen molar-refractivity contribution in [2.45, 2.75) is 13.5 Å². The highest BCUT2D eigenvalue weighted by molar-refractivity contribution is 7.80. The molecule has 0 bridgehead atoms. The highest BCUT2D eigenvalue weighted by Crippen LogP contribution is 2.23. The van der Waals surface area contributed by atoms with E-state index in [-0.39, 0.29) is 0 Å². The van der Waals surface area contributed by atoms with Crippen molar-refractivity contribution in [3.63, 3.8) is 0 Å². The van der Waals surface area contributed by atoms with Gasteiger partial charge in [-0.2, -0.15) is 5.10 Å². The van der Waals surface area contributed by atoms with E-state index in [9.17, 15) is 0 Å². The van der Waals surface area contributed by atoms with E-state index in [2.05, 4.69) is 15.7 Å². The SMILES string of the molecule is Cc1ccc(NC(=S)Nc2ccn(Cc3ccc(Cl)c(Cl)c3)n2)cc1Cl. The number of aryl methyl sites for hydroxylation is 1. The number of rotatable bonds is 4. The summed E-state index contributed by atoms with van der Waals surface area (Å²) in [5.74, 6) is 0.640. The van der Waals surface area contributed by atoms with Gasteiger partial charge in [-0.05, 0) is 54.5 Å². The summed E-state index contributed by atoms with van der Waals surface area (Å²) in [5.41, 5.74) is 2.83. The van der Waals surface area contributed by atoms with Crippen LogP contribution in [-0.4, -0.2) is 14.9 Å². The number of halogens is 3. The first-order chi connectivity index (χ1) is 12.4. The van der Waals surface area contributed by atoms with Crippen LogP contribution in [0.2, 0.25) is 15.1 Å². The molecule has 26 heavy (non-hydrogen) atoms. The van der Waals surface area contributed by atoms with E-state index >= 15 is 0 Å². The molecule has 0 aliphatic heterocycles. The molecular weight excluding hydrogens is 411 g/mol. The fourth-order valence-electron chi connectivity index (χ4n) is 2.29. The zero-order chi connectivity index (χ0) is 18.7. The first-order valence-corrected chi connectivity index (χ1v) is 9.26. The third kappa shape index (κ3) is 4.89. The smallest absolute Gasteiger partial charge is 0.176 e. The fraction of sp³-hybridized carbons (Fsp3) is 0.111. The normalized spacial score (nSPS) is 10.6. The monoisotopic (exact) mass is 424 g/mol. The van der Waals surface area contributed by atoms with Crippen molar-refractivity contribution in [3.05, 3.63) is 74.9 Å². The highest BCUT2D eigenvalue weighted by atomic mass is 35.5. The first kappa shape index (κ1) is 19.0. The molecule has 8 heteroatoms. The topological polar surface area (TPSA) is 41.9 Å². The van der Waals surface area contributed by atoms with Crippen LogP contribution in [0.5, 0.6) is 0 Å². The van der Waals surface area contributed by atoms with E-state index in [0.29, 0.717) is 32.5 Å². The maximum Gasteiger partial charge on any atom is 0.176 e. The van der Waals surface area contributed by atoms with E-state index in [0.717, 1.165) is 16.8 Å². The van der Waals surface area contributed by atoms with Gasteiger partial charge in [-0.25, -0.2) is 0 Å². The summed E-state index contributed by atoms with van der Waals surface area (Å²) in [5, 5.41) is 12.8. The first-order valence-electron chi connectivity index (χ1n) is 7.72. The van der Waals surface area contributed by atoms with Crippen molar-refractivity contribution in [1.29, 1.82) is 0 Å². The van der Waals surface area contributed by atoms with Gasteiger partial charge >= 0.3 is 0 Å². The minimum atomic E-state index is 0.435. The van der Waals surface area contributed by atoms with Gasteiger partial charge in [0, 0.05) is 23.0 Å². The molecule has 0 amide bonds. The van der Waals surface area contributed by atoms with Gasteiger partial charge in [-0.1, -0.05) is 46.9 Å². The molecular formula is C18H15Cl3N4S. The number of nitrogens with one attached hydrogen (secondary N) is 2. The van der Waals surface area contributed by atoms with Gasteiger partial charge in [-0.3, -0.25) is 4.68 Å². The second kappa shape index (κ2) is 8.27. The van der Waals surface area contributed by atoms with E-state index in [1.165, 1.54) is 0 Å². The Morgan fingerprint density at radius 3 is 2.54 bits per heavy atom. The second-order valence-electron chi connectivity index (χ2n) is 5.69. The van der Waals surface area contributed by atoms with Crippen molar-refractivity contribution in [3.8, 4) is 0 Å². The maximum absolute atomic E-state index is 6.12. The van der Waals surface area contributed by atoms with Crippen LogP contribution in [0.3, 0.4) is 0 Å². The van der Waals surface area contributed by atoms with E-state index in [1.807, 2.05) is 49.5 Å². The summed E-state index contributed by atoms with van der Waals surface area (Å²) >= 11 is 23.4. The minimum absolute atomic E-state index is 0.435. The number of nitrogens with zero attached hydrogens (tertiary/aromatic N) is 2. The minimum Gasteiger partial charge on any atom is -0.332 e. The van der Waals surface area contributed by atoms with Crippen LogP contribution in [0.1, 0.15) is 11.1 Å². The maximum atomic E-state index is 6.12. The Balaban J connectivity index is 1.61. The Bertz CT molecular complexity index is 955. The summed E-state index contributed by atoms with van der Waals surface area (Å²) in [6.45, 7) is 2.52. The van der Waals surface area contributed by atoms with E-state index in [4.69, 9.17) is 47.0 Å². The zero-order valence-electron chi connectivity index (χ0n) is 13.8. The van der Waals surface area contributed by atoms with Gasteiger partial charge in [-0.15, -0.1) is 0 Å². The molecule has 0 aliphatic carbocycles. The lowest BCUT2D eigenvalue weighted by Crippen LogP contribution is -2.19. The van der Waals surface area contributed by atoms with Crippen molar-refractivity contribution in [2.75, 3.05) is 10.6 Å². The molecule has 3 aromatic rings. The summed E-state index contributed by atoms with van der Waals surface area (Å²) in [4.78, 5) is 0. The summed E-state index contributed by atoms with van der Waals surface area (Å²) in [6.07, 6.45) is 1.86. The molecule has 0 fully saturated rings. The number of hydrogen-bond donors (Lipinski definition) is 2. The molecule has 3 rings (SSSR count). The lowest BCUT2D eigenvalue weighted by atomic mass is 10.2. The number of thiocarbonyl (C=S) groups is 1. The zero-order valence-corrected chi connectivity index (χ0v) is 16.8. The quantitative estimate of drug-likeness (QED) is 0.502. The van der Waals surface area contributed by atoms with Crippen LogP contribution < -0.4 is 10.6 Å². The standard InChI is InChI=1S/C18H15Cl3N4S/c1-11-2-4-13(9-15(11)20)22-18(26)23-17-6-7-25(24-17)10-12-3-5-14(19)16(21)8-12/h2-9H,10H2,1H3,(H2,22,23,24,26). The number of aromatic nitrogens is 2. The molecule has 0 saturated carbocycles. The summed E-state index contributed by atoms with van der Waals surface area (Å²) in [6, 6.07) is 13.0. The molecule has 1 heterocycles. The van der Waals surface area contributed by atoms with Crippen LogP contribution in [0.25, 0.3) is 0 Å². The van der Waals surface area contributed by atoms with Crippen molar-refractivity contribution in [2.24, 2.45) is 0 Å². The molecule has 134 valence electrons. The fourth-order valence-corrected chi connectivity index (χ4v) is 3.01. The van der Waals surface area contributed by atoms with Crippen molar-refractivity contribution >= 4 is 63.6 Å². The molecule has 2 aromatic carbocycles. The van der Waals surface area contributed by atoms with Gasteiger partial charge in [0.15, 0.2) is 10.9 Å². The Kier molecular flexibility index (Phi) is 6.04. The largest absolute Gasteiger partial charge is 0.332 e. The molecule has 0 radical (unpaired) electrons. The molecule has 1 aromatic heterocycles.